The van der Waals surface area contributed by atoms with Crippen LogP contribution in [0, 0.1) is 5.82 Å². The molecule has 2 amide bonds. The van der Waals surface area contributed by atoms with Crippen molar-refractivity contribution in [2.75, 3.05) is 38.7 Å². The molecule has 6 nitrogen and oxygen atoms in total. The minimum absolute atomic E-state index is 0.170. The molecule has 0 spiro atoms. The first-order valence-electron chi connectivity index (χ1n) is 6.25. The number of nitrogens with one attached hydrogen (secondary N) is 1. The second-order valence-electron chi connectivity index (χ2n) is 4.45. The summed E-state index contributed by atoms with van der Waals surface area (Å²) in [6.45, 7) is 1.09. The number of hydrogen-bond acceptors (Lipinski definition) is 4. The third-order valence-electron chi connectivity index (χ3n) is 2.94. The van der Waals surface area contributed by atoms with Gasteiger partial charge < -0.3 is 24.8 Å². The lowest BCUT2D eigenvalue weighted by molar-refractivity contribution is 0.0575. The van der Waals surface area contributed by atoms with E-state index in [9.17, 15) is 14.3 Å². The minimum atomic E-state index is -0.724. The molecule has 2 rings (SSSR count). The van der Waals surface area contributed by atoms with Crippen molar-refractivity contribution in [3.63, 3.8) is 0 Å². The zero-order valence-corrected chi connectivity index (χ0v) is 11.1. The van der Waals surface area contributed by atoms with Crippen LogP contribution in [0.4, 0.5) is 14.9 Å². The molecular weight excluding hydrogens is 267 g/mol. The Morgan fingerprint density at radius 3 is 3.15 bits per heavy atom. The Balaban J connectivity index is 2.08. The van der Waals surface area contributed by atoms with Gasteiger partial charge in [0, 0.05) is 12.6 Å². The third kappa shape index (κ3) is 3.58. The number of nitrogens with zero attached hydrogens (tertiary/aromatic N) is 1. The van der Waals surface area contributed by atoms with Crippen molar-refractivity contribution < 1.29 is 23.8 Å². The van der Waals surface area contributed by atoms with Gasteiger partial charge >= 0.3 is 6.03 Å². The van der Waals surface area contributed by atoms with Gasteiger partial charge in [-0.3, -0.25) is 0 Å². The second-order valence-corrected chi connectivity index (χ2v) is 4.45. The molecule has 1 saturated heterocycles. The molecule has 1 aromatic carbocycles. The topological polar surface area (TPSA) is 71.0 Å². The molecule has 7 heteroatoms. The van der Waals surface area contributed by atoms with Crippen LogP contribution in [0.15, 0.2) is 18.2 Å². The van der Waals surface area contributed by atoms with E-state index in [1.165, 1.54) is 30.2 Å². The molecule has 0 radical (unpaired) electrons. The summed E-state index contributed by atoms with van der Waals surface area (Å²) in [6.07, 6.45) is -0.724. The van der Waals surface area contributed by atoms with Crippen molar-refractivity contribution in [1.29, 1.82) is 0 Å². The molecular formula is C13H17FN2O4. The van der Waals surface area contributed by atoms with E-state index in [0.29, 0.717) is 18.9 Å². The van der Waals surface area contributed by atoms with Crippen LogP contribution < -0.4 is 10.1 Å². The van der Waals surface area contributed by atoms with Crippen LogP contribution in [0.5, 0.6) is 5.75 Å². The quantitative estimate of drug-likeness (QED) is 0.852. The number of anilines is 1. The lowest BCUT2D eigenvalue weighted by atomic mass is 10.3. The molecule has 0 bridgehead atoms. The first-order chi connectivity index (χ1) is 9.60. The van der Waals surface area contributed by atoms with Gasteiger partial charge in [-0.15, -0.1) is 0 Å². The predicted octanol–water partition coefficient (Wildman–Crippen LogP) is 1.06. The van der Waals surface area contributed by atoms with Gasteiger partial charge in [0.05, 0.1) is 38.7 Å². The fourth-order valence-corrected chi connectivity index (χ4v) is 1.95. The number of urea groups is 1. The van der Waals surface area contributed by atoms with Crippen molar-refractivity contribution >= 4 is 11.7 Å². The Labute approximate surface area is 116 Å². The number of halogens is 1. The number of aliphatic hydroxyl groups excluding tert-OH is 1. The first-order valence-corrected chi connectivity index (χ1v) is 6.25. The molecule has 1 aliphatic heterocycles. The summed E-state index contributed by atoms with van der Waals surface area (Å²) in [5, 5.41) is 12.2. The number of hydrogen-bond donors (Lipinski definition) is 2. The van der Waals surface area contributed by atoms with Crippen LogP contribution in [0.2, 0.25) is 0 Å². The number of benzene rings is 1. The largest absolute Gasteiger partial charge is 0.495 e. The molecule has 20 heavy (non-hydrogen) atoms. The zero-order valence-electron chi connectivity index (χ0n) is 11.1. The molecule has 1 aliphatic rings. The van der Waals surface area contributed by atoms with E-state index in [-0.39, 0.29) is 18.8 Å². The number of ether oxygens (including phenoxy) is 2. The van der Waals surface area contributed by atoms with Gasteiger partial charge in [-0.25, -0.2) is 9.18 Å². The highest BCUT2D eigenvalue weighted by atomic mass is 19.1. The Hall–Kier alpha value is -1.86. The molecule has 110 valence electrons. The van der Waals surface area contributed by atoms with Gasteiger partial charge in [0.1, 0.15) is 11.6 Å². The van der Waals surface area contributed by atoms with Gasteiger partial charge in [-0.05, 0) is 12.1 Å². The van der Waals surface area contributed by atoms with E-state index < -0.39 is 18.0 Å². The SMILES string of the molecule is COc1ccc(F)cc1NC(=O)N1CCOC[C@@H](O)C1. The smallest absolute Gasteiger partial charge is 0.322 e. The highest BCUT2D eigenvalue weighted by molar-refractivity contribution is 5.91. The lowest BCUT2D eigenvalue weighted by Gasteiger charge is -2.22. The maximum Gasteiger partial charge on any atom is 0.322 e. The summed E-state index contributed by atoms with van der Waals surface area (Å²) in [7, 11) is 1.44. The summed E-state index contributed by atoms with van der Waals surface area (Å²) in [5.41, 5.74) is 0.247. The van der Waals surface area contributed by atoms with Crippen LogP contribution in [-0.4, -0.2) is 55.6 Å². The second kappa shape index (κ2) is 6.53. The van der Waals surface area contributed by atoms with Gasteiger partial charge in [-0.1, -0.05) is 0 Å². The summed E-state index contributed by atoms with van der Waals surface area (Å²) in [4.78, 5) is 13.5. The molecule has 0 saturated carbocycles. The Bertz CT molecular complexity index is 483. The van der Waals surface area contributed by atoms with Gasteiger partial charge in [-0.2, -0.15) is 0 Å². The van der Waals surface area contributed by atoms with Crippen LogP contribution in [-0.2, 0) is 4.74 Å². The first kappa shape index (κ1) is 14.5. The molecule has 2 N–H and O–H groups in total. The number of β-amino-alcohol motifs (C(OH)–C–C–N with tert-alkyl or cyclic N) is 1. The van der Waals surface area contributed by atoms with E-state index in [1.54, 1.807) is 0 Å². The normalized spacial score (nSPS) is 19.4. The minimum Gasteiger partial charge on any atom is -0.495 e. The van der Waals surface area contributed by atoms with E-state index in [0.717, 1.165) is 0 Å². The molecule has 0 unspecified atom stereocenters. The zero-order chi connectivity index (χ0) is 14.5. The number of methoxy groups -OCH3 is 1. The third-order valence-corrected chi connectivity index (χ3v) is 2.94. The standard InChI is InChI=1S/C13H17FN2O4/c1-19-12-3-2-9(14)6-11(12)15-13(18)16-4-5-20-8-10(17)7-16/h2-3,6,10,17H,4-5,7-8H2,1H3,(H,15,18)/t10-/m0/s1. The van der Waals surface area contributed by atoms with Gasteiger partial charge in [0.15, 0.2) is 0 Å². The fraction of sp³-hybridized carbons (Fsp3) is 0.462. The number of rotatable bonds is 2. The van der Waals surface area contributed by atoms with E-state index >= 15 is 0 Å². The maximum absolute atomic E-state index is 13.2. The molecule has 1 atom stereocenters. The van der Waals surface area contributed by atoms with Crippen LogP contribution in [0.25, 0.3) is 0 Å². The van der Waals surface area contributed by atoms with Crippen molar-refractivity contribution in [3.8, 4) is 5.75 Å². The van der Waals surface area contributed by atoms with Crippen molar-refractivity contribution in [2.24, 2.45) is 0 Å². The Kier molecular flexibility index (Phi) is 4.75. The highest BCUT2D eigenvalue weighted by Crippen LogP contribution is 2.25. The fourth-order valence-electron chi connectivity index (χ4n) is 1.95. The summed E-state index contributed by atoms with van der Waals surface area (Å²) >= 11 is 0. The average molecular weight is 284 g/mol. The predicted molar refractivity (Wildman–Crippen MR) is 70.4 cm³/mol. The van der Waals surface area contributed by atoms with E-state index in [2.05, 4.69) is 5.32 Å². The lowest BCUT2D eigenvalue weighted by Crippen LogP contribution is -2.40. The number of amides is 2. The summed E-state index contributed by atoms with van der Waals surface area (Å²) in [6, 6.07) is 3.43. The molecule has 1 aromatic rings. The summed E-state index contributed by atoms with van der Waals surface area (Å²) in [5.74, 6) is -0.105. The van der Waals surface area contributed by atoms with Crippen molar-refractivity contribution in [2.45, 2.75) is 6.10 Å². The Morgan fingerprint density at radius 2 is 2.40 bits per heavy atom. The number of carbonyl (C=O) groups is 1. The van der Waals surface area contributed by atoms with Crippen molar-refractivity contribution in [1.82, 2.24) is 4.90 Å². The van der Waals surface area contributed by atoms with Crippen LogP contribution in [0.1, 0.15) is 0 Å². The molecule has 1 fully saturated rings. The van der Waals surface area contributed by atoms with Gasteiger partial charge in [0.2, 0.25) is 0 Å². The Morgan fingerprint density at radius 1 is 1.60 bits per heavy atom. The molecule has 0 aliphatic carbocycles. The van der Waals surface area contributed by atoms with E-state index in [4.69, 9.17) is 9.47 Å². The van der Waals surface area contributed by atoms with Crippen LogP contribution >= 0.6 is 0 Å². The van der Waals surface area contributed by atoms with Crippen molar-refractivity contribution in [3.05, 3.63) is 24.0 Å². The molecule has 1 heterocycles. The average Bonchev–Trinajstić information content (AvgIpc) is 2.64. The number of aliphatic hydroxyl groups is 1. The van der Waals surface area contributed by atoms with Gasteiger partial charge in [0.25, 0.3) is 0 Å². The summed E-state index contributed by atoms with van der Waals surface area (Å²) < 4.78 is 23.4. The maximum atomic E-state index is 13.2. The molecule has 0 aromatic heterocycles. The highest BCUT2D eigenvalue weighted by Gasteiger charge is 2.21. The monoisotopic (exact) mass is 284 g/mol. The van der Waals surface area contributed by atoms with Crippen LogP contribution in [0.3, 0.4) is 0 Å². The van der Waals surface area contributed by atoms with E-state index in [1.807, 2.05) is 0 Å². The number of carbonyl (C=O) groups excluding carboxylic acids is 1.